The molecule has 0 spiro atoms. The molecule has 2 unspecified atom stereocenters. The minimum Gasteiger partial charge on any atom is -0.492 e. The maximum atomic E-state index is 11.5. The monoisotopic (exact) mass is 434 g/mol. The predicted molar refractivity (Wildman–Crippen MR) is 112 cm³/mol. The largest absolute Gasteiger partial charge is 0.492 e. The van der Waals surface area contributed by atoms with Crippen LogP contribution in [0.4, 0.5) is 6.01 Å². The van der Waals surface area contributed by atoms with E-state index in [0.29, 0.717) is 18.4 Å². The molecule has 0 radical (unpaired) electrons. The number of rotatable bonds is 8. The second-order valence-electron chi connectivity index (χ2n) is 8.82. The third-order valence-electron chi connectivity index (χ3n) is 6.19. The zero-order valence-electron chi connectivity index (χ0n) is 17.8. The zero-order chi connectivity index (χ0) is 21.3. The normalized spacial score (nSPS) is 22.5. The average molecular weight is 435 g/mol. The van der Waals surface area contributed by atoms with E-state index in [1.165, 1.54) is 18.7 Å². The van der Waals surface area contributed by atoms with E-state index in [2.05, 4.69) is 33.9 Å². The first kappa shape index (κ1) is 21.1. The van der Waals surface area contributed by atoms with Gasteiger partial charge in [-0.1, -0.05) is 19.0 Å². The Morgan fingerprint density at radius 1 is 1.27 bits per heavy atom. The second kappa shape index (κ2) is 8.53. The van der Waals surface area contributed by atoms with Crippen molar-refractivity contribution in [2.75, 3.05) is 30.9 Å². The molecule has 164 valence electrons. The van der Waals surface area contributed by atoms with Crippen molar-refractivity contribution < 1.29 is 17.7 Å². The summed E-state index contributed by atoms with van der Waals surface area (Å²) in [5.74, 6) is 3.94. The molecule has 3 heterocycles. The van der Waals surface area contributed by atoms with E-state index in [9.17, 15) is 8.42 Å². The van der Waals surface area contributed by atoms with Gasteiger partial charge in [-0.15, -0.1) is 0 Å². The van der Waals surface area contributed by atoms with Crippen molar-refractivity contribution in [3.8, 4) is 5.75 Å². The first-order valence-corrected chi connectivity index (χ1v) is 12.6. The van der Waals surface area contributed by atoms with E-state index in [4.69, 9.17) is 9.26 Å². The Kier molecular flexibility index (Phi) is 5.99. The SMILES string of the molecule is CC(C)c1noc(N2CCC(C3CC3CCOc3ccc(S(C)(=O)=O)nc3)CC2)n1. The first-order valence-electron chi connectivity index (χ1n) is 10.7. The Morgan fingerprint density at radius 3 is 2.63 bits per heavy atom. The summed E-state index contributed by atoms with van der Waals surface area (Å²) in [6, 6.07) is 3.82. The topological polar surface area (TPSA) is 98.4 Å². The number of piperidine rings is 1. The summed E-state index contributed by atoms with van der Waals surface area (Å²) in [6.07, 6.45) is 7.27. The number of hydrogen-bond donors (Lipinski definition) is 0. The number of nitrogens with zero attached hydrogens (tertiary/aromatic N) is 4. The van der Waals surface area contributed by atoms with Crippen LogP contribution in [-0.4, -0.2) is 49.5 Å². The summed E-state index contributed by atoms with van der Waals surface area (Å²) >= 11 is 0. The number of anilines is 1. The van der Waals surface area contributed by atoms with Crippen LogP contribution in [0.25, 0.3) is 0 Å². The molecule has 30 heavy (non-hydrogen) atoms. The van der Waals surface area contributed by atoms with Crippen LogP contribution >= 0.6 is 0 Å². The van der Waals surface area contributed by atoms with Gasteiger partial charge in [0.1, 0.15) is 5.75 Å². The third-order valence-corrected chi connectivity index (χ3v) is 7.19. The molecular weight excluding hydrogens is 404 g/mol. The molecule has 0 N–H and O–H groups in total. The van der Waals surface area contributed by atoms with Gasteiger partial charge < -0.3 is 14.2 Å². The maximum absolute atomic E-state index is 11.5. The Labute approximate surface area is 177 Å². The number of ether oxygens (including phenoxy) is 1. The van der Waals surface area contributed by atoms with E-state index in [-0.39, 0.29) is 10.9 Å². The molecule has 0 bridgehead atoms. The van der Waals surface area contributed by atoms with E-state index in [1.807, 2.05) is 0 Å². The summed E-state index contributed by atoms with van der Waals surface area (Å²) in [5, 5.41) is 4.14. The van der Waals surface area contributed by atoms with Crippen LogP contribution in [0.2, 0.25) is 0 Å². The highest BCUT2D eigenvalue weighted by molar-refractivity contribution is 7.90. The fraction of sp³-hybridized carbons (Fsp3) is 0.667. The van der Waals surface area contributed by atoms with Crippen LogP contribution in [0.1, 0.15) is 51.3 Å². The molecule has 2 aromatic heterocycles. The van der Waals surface area contributed by atoms with E-state index >= 15 is 0 Å². The lowest BCUT2D eigenvalue weighted by molar-refractivity contribution is 0.281. The van der Waals surface area contributed by atoms with Crippen molar-refractivity contribution in [3.05, 3.63) is 24.2 Å². The Balaban J connectivity index is 1.18. The van der Waals surface area contributed by atoms with Crippen LogP contribution in [-0.2, 0) is 9.84 Å². The van der Waals surface area contributed by atoms with E-state index < -0.39 is 9.84 Å². The number of pyridine rings is 1. The molecular formula is C21H30N4O4S. The van der Waals surface area contributed by atoms with Crippen molar-refractivity contribution in [1.29, 1.82) is 0 Å². The molecule has 0 amide bonds. The summed E-state index contributed by atoms with van der Waals surface area (Å²) in [7, 11) is -3.27. The van der Waals surface area contributed by atoms with Gasteiger partial charge in [0, 0.05) is 25.3 Å². The van der Waals surface area contributed by atoms with Gasteiger partial charge in [0.05, 0.1) is 12.8 Å². The quantitative estimate of drug-likeness (QED) is 0.624. The van der Waals surface area contributed by atoms with Crippen molar-refractivity contribution in [2.45, 2.75) is 50.5 Å². The van der Waals surface area contributed by atoms with Crippen molar-refractivity contribution in [2.24, 2.45) is 17.8 Å². The average Bonchev–Trinajstić information content (AvgIpc) is 3.30. The summed E-state index contributed by atoms with van der Waals surface area (Å²) in [6.45, 7) is 6.72. The Bertz CT molecular complexity index is 950. The maximum Gasteiger partial charge on any atom is 0.324 e. The van der Waals surface area contributed by atoms with Crippen molar-refractivity contribution in [1.82, 2.24) is 15.1 Å². The van der Waals surface area contributed by atoms with Crippen molar-refractivity contribution in [3.63, 3.8) is 0 Å². The lowest BCUT2D eigenvalue weighted by Crippen LogP contribution is -2.34. The molecule has 2 aliphatic rings. The highest BCUT2D eigenvalue weighted by Gasteiger charge is 2.43. The van der Waals surface area contributed by atoms with Gasteiger partial charge >= 0.3 is 6.01 Å². The third kappa shape index (κ3) is 4.94. The smallest absolute Gasteiger partial charge is 0.324 e. The molecule has 1 saturated carbocycles. The van der Waals surface area contributed by atoms with E-state index in [0.717, 1.165) is 62.2 Å². The molecule has 1 saturated heterocycles. The van der Waals surface area contributed by atoms with Crippen LogP contribution in [0, 0.1) is 17.8 Å². The fourth-order valence-corrected chi connectivity index (χ4v) is 4.85. The molecule has 0 aromatic carbocycles. The van der Waals surface area contributed by atoms with Gasteiger partial charge in [0.15, 0.2) is 20.7 Å². The molecule has 1 aliphatic carbocycles. The van der Waals surface area contributed by atoms with Gasteiger partial charge in [0.2, 0.25) is 0 Å². The molecule has 2 aromatic rings. The van der Waals surface area contributed by atoms with Crippen LogP contribution in [0.3, 0.4) is 0 Å². The van der Waals surface area contributed by atoms with Crippen LogP contribution in [0.5, 0.6) is 5.75 Å². The summed E-state index contributed by atoms with van der Waals surface area (Å²) < 4.78 is 34.1. The Hall–Kier alpha value is -2.16. The number of sulfone groups is 1. The number of aromatic nitrogens is 3. The standard InChI is InChI=1S/C21H30N4O4S/c1-14(2)20-23-21(29-24-20)25-9-6-15(7-10-25)18-12-16(18)8-11-28-17-4-5-19(22-13-17)30(3,26)27/h4-5,13-16,18H,6-12H2,1-3H3. The fourth-order valence-electron chi connectivity index (χ4n) is 4.29. The minimum absolute atomic E-state index is 0.0735. The predicted octanol–water partition coefficient (Wildman–Crippen LogP) is 3.31. The molecule has 4 rings (SSSR count). The van der Waals surface area contributed by atoms with Crippen LogP contribution < -0.4 is 9.64 Å². The lowest BCUT2D eigenvalue weighted by atomic mass is 9.90. The Morgan fingerprint density at radius 2 is 2.03 bits per heavy atom. The van der Waals surface area contributed by atoms with Gasteiger partial charge in [0.25, 0.3) is 0 Å². The highest BCUT2D eigenvalue weighted by atomic mass is 32.2. The molecule has 2 fully saturated rings. The second-order valence-corrected chi connectivity index (χ2v) is 10.8. The molecule has 9 heteroatoms. The number of hydrogen-bond acceptors (Lipinski definition) is 8. The summed E-state index contributed by atoms with van der Waals surface area (Å²) in [4.78, 5) is 10.7. The van der Waals surface area contributed by atoms with Gasteiger partial charge in [-0.25, -0.2) is 13.4 Å². The minimum atomic E-state index is -3.27. The zero-order valence-corrected chi connectivity index (χ0v) is 18.6. The first-order chi connectivity index (χ1) is 14.3. The van der Waals surface area contributed by atoms with E-state index in [1.54, 1.807) is 6.07 Å². The molecule has 2 atom stereocenters. The van der Waals surface area contributed by atoms with Gasteiger partial charge in [-0.05, 0) is 55.6 Å². The lowest BCUT2D eigenvalue weighted by Gasteiger charge is -2.30. The highest BCUT2D eigenvalue weighted by Crippen LogP contribution is 2.49. The molecule has 1 aliphatic heterocycles. The van der Waals surface area contributed by atoms with Gasteiger partial charge in [-0.3, -0.25) is 0 Å². The van der Waals surface area contributed by atoms with Crippen LogP contribution in [0.15, 0.2) is 27.9 Å². The summed E-state index contributed by atoms with van der Waals surface area (Å²) in [5.41, 5.74) is 0. The molecule has 8 nitrogen and oxygen atoms in total. The van der Waals surface area contributed by atoms with Crippen molar-refractivity contribution >= 4 is 15.9 Å². The van der Waals surface area contributed by atoms with Gasteiger partial charge in [-0.2, -0.15) is 4.98 Å².